The molecule has 66 valence electrons. The van der Waals surface area contributed by atoms with Crippen LogP contribution in [0.2, 0.25) is 0 Å². The number of hydrogen-bond acceptors (Lipinski definition) is 3. The third kappa shape index (κ3) is 2.89. The predicted molar refractivity (Wildman–Crippen MR) is 42.1 cm³/mol. The van der Waals surface area contributed by atoms with Gasteiger partial charge in [0.25, 0.3) is 0 Å². The number of esters is 1. The van der Waals surface area contributed by atoms with Crippen LogP contribution in [0, 0.1) is 0 Å². The Kier molecular flexibility index (Phi) is 4.11. The summed E-state index contributed by atoms with van der Waals surface area (Å²) in [4.78, 5) is 10.6. The van der Waals surface area contributed by atoms with Gasteiger partial charge in [-0.1, -0.05) is 13.8 Å². The van der Waals surface area contributed by atoms with E-state index < -0.39 is 5.79 Å². The largest absolute Gasteiger partial charge is 0.433 e. The van der Waals surface area contributed by atoms with Crippen molar-refractivity contribution in [2.45, 2.75) is 39.4 Å². The highest BCUT2D eigenvalue weighted by atomic mass is 16.7. The van der Waals surface area contributed by atoms with Crippen molar-refractivity contribution in [2.75, 3.05) is 7.11 Å². The summed E-state index contributed by atoms with van der Waals surface area (Å²) in [5.41, 5.74) is 0. The van der Waals surface area contributed by atoms with E-state index in [1.54, 1.807) is 7.11 Å². The molecule has 0 saturated heterocycles. The molecule has 0 aliphatic heterocycles. The summed E-state index contributed by atoms with van der Waals surface area (Å²) in [6.45, 7) is 5.24. The minimum atomic E-state index is -0.703. The van der Waals surface area contributed by atoms with Crippen molar-refractivity contribution in [3.8, 4) is 0 Å². The first-order valence-electron chi connectivity index (χ1n) is 3.85. The highest BCUT2D eigenvalue weighted by Gasteiger charge is 2.28. The fourth-order valence-electron chi connectivity index (χ4n) is 0.987. The van der Waals surface area contributed by atoms with Crippen LogP contribution in [-0.2, 0) is 14.3 Å². The Morgan fingerprint density at radius 2 is 1.82 bits per heavy atom. The van der Waals surface area contributed by atoms with Gasteiger partial charge in [-0.15, -0.1) is 0 Å². The number of rotatable bonds is 4. The molecule has 0 aromatic rings. The summed E-state index contributed by atoms with van der Waals surface area (Å²) < 4.78 is 10.1. The molecule has 0 atom stereocenters. The monoisotopic (exact) mass is 160 g/mol. The van der Waals surface area contributed by atoms with E-state index in [9.17, 15) is 4.79 Å². The molecule has 0 radical (unpaired) electrons. The van der Waals surface area contributed by atoms with Crippen molar-refractivity contribution in [1.82, 2.24) is 0 Å². The molecule has 0 aliphatic carbocycles. The average Bonchev–Trinajstić information content (AvgIpc) is 2.00. The predicted octanol–water partition coefficient (Wildman–Crippen LogP) is 1.71. The molecule has 0 unspecified atom stereocenters. The normalized spacial score (nSPS) is 11.3. The van der Waals surface area contributed by atoms with E-state index in [2.05, 4.69) is 0 Å². The van der Waals surface area contributed by atoms with Crippen molar-refractivity contribution in [3.63, 3.8) is 0 Å². The van der Waals surface area contributed by atoms with E-state index in [-0.39, 0.29) is 5.97 Å². The van der Waals surface area contributed by atoms with Crippen LogP contribution in [0.3, 0.4) is 0 Å². The Balaban J connectivity index is 4.16. The molecular weight excluding hydrogens is 144 g/mol. The molecule has 0 heterocycles. The summed E-state index contributed by atoms with van der Waals surface area (Å²) in [5.74, 6) is -0.998. The van der Waals surface area contributed by atoms with Gasteiger partial charge < -0.3 is 9.47 Å². The zero-order chi connectivity index (χ0) is 8.91. The zero-order valence-corrected chi connectivity index (χ0v) is 7.64. The Morgan fingerprint density at radius 3 is 1.91 bits per heavy atom. The summed E-state index contributed by atoms with van der Waals surface area (Å²) in [7, 11) is 1.55. The first kappa shape index (κ1) is 10.4. The van der Waals surface area contributed by atoms with Gasteiger partial charge in [-0.2, -0.15) is 0 Å². The number of hydrogen-bond donors (Lipinski definition) is 0. The van der Waals surface area contributed by atoms with E-state index in [0.29, 0.717) is 12.8 Å². The van der Waals surface area contributed by atoms with Crippen LogP contribution in [0.15, 0.2) is 0 Å². The standard InChI is InChI=1S/C8H16O3/c1-5-8(6-2,10-4)11-7(3)9/h5-6H2,1-4H3. The van der Waals surface area contributed by atoms with Crippen LogP contribution >= 0.6 is 0 Å². The van der Waals surface area contributed by atoms with Crippen molar-refractivity contribution >= 4 is 5.97 Å². The Bertz CT molecular complexity index is 119. The van der Waals surface area contributed by atoms with Gasteiger partial charge in [0.2, 0.25) is 5.79 Å². The molecule has 0 aromatic carbocycles. The summed E-state index contributed by atoms with van der Waals surface area (Å²) in [6, 6.07) is 0. The minimum absolute atomic E-state index is 0.296. The van der Waals surface area contributed by atoms with Crippen molar-refractivity contribution in [1.29, 1.82) is 0 Å². The Morgan fingerprint density at radius 1 is 1.36 bits per heavy atom. The van der Waals surface area contributed by atoms with Crippen LogP contribution in [0.25, 0.3) is 0 Å². The molecule has 0 aliphatic rings. The van der Waals surface area contributed by atoms with E-state index in [0.717, 1.165) is 0 Å². The molecule has 0 saturated carbocycles. The van der Waals surface area contributed by atoms with E-state index in [4.69, 9.17) is 9.47 Å². The van der Waals surface area contributed by atoms with Gasteiger partial charge in [0.05, 0.1) is 0 Å². The highest BCUT2D eigenvalue weighted by molar-refractivity contribution is 5.66. The van der Waals surface area contributed by atoms with E-state index in [1.165, 1.54) is 6.92 Å². The van der Waals surface area contributed by atoms with Gasteiger partial charge >= 0.3 is 5.97 Å². The molecule has 0 N–H and O–H groups in total. The Hall–Kier alpha value is -0.570. The van der Waals surface area contributed by atoms with Crippen LogP contribution in [-0.4, -0.2) is 18.9 Å². The molecule has 0 rings (SSSR count). The highest BCUT2D eigenvalue weighted by Crippen LogP contribution is 2.20. The van der Waals surface area contributed by atoms with Gasteiger partial charge in [0.15, 0.2) is 0 Å². The van der Waals surface area contributed by atoms with Gasteiger partial charge in [-0.25, -0.2) is 0 Å². The second-order valence-electron chi connectivity index (χ2n) is 2.42. The van der Waals surface area contributed by atoms with Crippen LogP contribution < -0.4 is 0 Å². The van der Waals surface area contributed by atoms with Gasteiger partial charge in [0, 0.05) is 26.9 Å². The SMILES string of the molecule is CCC(CC)(OC)OC(C)=O. The Labute approximate surface area is 67.7 Å². The fourth-order valence-corrected chi connectivity index (χ4v) is 0.987. The fraction of sp³-hybridized carbons (Fsp3) is 0.875. The zero-order valence-electron chi connectivity index (χ0n) is 7.64. The molecule has 0 amide bonds. The molecule has 3 heteroatoms. The first-order chi connectivity index (χ1) is 5.10. The maximum absolute atomic E-state index is 10.6. The topological polar surface area (TPSA) is 35.5 Å². The number of carbonyl (C=O) groups is 1. The number of carbonyl (C=O) groups excluding carboxylic acids is 1. The van der Waals surface area contributed by atoms with Crippen molar-refractivity contribution in [3.05, 3.63) is 0 Å². The number of ether oxygens (including phenoxy) is 2. The molecule has 0 spiro atoms. The maximum atomic E-state index is 10.6. The van der Waals surface area contributed by atoms with Gasteiger partial charge in [0.1, 0.15) is 0 Å². The third-order valence-electron chi connectivity index (χ3n) is 1.78. The third-order valence-corrected chi connectivity index (χ3v) is 1.78. The van der Waals surface area contributed by atoms with E-state index in [1.807, 2.05) is 13.8 Å². The van der Waals surface area contributed by atoms with Crippen LogP contribution in [0.1, 0.15) is 33.6 Å². The maximum Gasteiger partial charge on any atom is 0.305 e. The number of methoxy groups -OCH3 is 1. The average molecular weight is 160 g/mol. The van der Waals surface area contributed by atoms with Crippen LogP contribution in [0.5, 0.6) is 0 Å². The summed E-state index contributed by atoms with van der Waals surface area (Å²) in [6.07, 6.45) is 1.36. The van der Waals surface area contributed by atoms with Gasteiger partial charge in [-0.05, 0) is 0 Å². The lowest BCUT2D eigenvalue weighted by Gasteiger charge is -2.28. The quantitative estimate of drug-likeness (QED) is 0.464. The lowest BCUT2D eigenvalue weighted by molar-refractivity contribution is -0.222. The second kappa shape index (κ2) is 4.34. The lowest BCUT2D eigenvalue weighted by atomic mass is 10.1. The van der Waals surface area contributed by atoms with Gasteiger partial charge in [-0.3, -0.25) is 4.79 Å². The lowest BCUT2D eigenvalue weighted by Crippen LogP contribution is -2.35. The van der Waals surface area contributed by atoms with Crippen molar-refractivity contribution in [2.24, 2.45) is 0 Å². The molecular formula is C8H16O3. The van der Waals surface area contributed by atoms with E-state index >= 15 is 0 Å². The molecule has 3 nitrogen and oxygen atoms in total. The smallest absolute Gasteiger partial charge is 0.305 e. The molecule has 11 heavy (non-hydrogen) atoms. The molecule has 0 aromatic heterocycles. The van der Waals surface area contributed by atoms with Crippen LogP contribution in [0.4, 0.5) is 0 Å². The molecule has 0 fully saturated rings. The summed E-state index contributed by atoms with van der Waals surface area (Å²) >= 11 is 0. The first-order valence-corrected chi connectivity index (χ1v) is 3.85. The second-order valence-corrected chi connectivity index (χ2v) is 2.42. The minimum Gasteiger partial charge on any atom is -0.433 e. The van der Waals surface area contributed by atoms with Crippen molar-refractivity contribution < 1.29 is 14.3 Å². The molecule has 0 bridgehead atoms. The summed E-state index contributed by atoms with van der Waals surface area (Å²) in [5, 5.41) is 0.